The zero-order valence-corrected chi connectivity index (χ0v) is 13.3. The van der Waals surface area contributed by atoms with Crippen LogP contribution in [0.2, 0.25) is 0 Å². The monoisotopic (exact) mass is 298 g/mol. The molecule has 0 aliphatic carbocycles. The molecule has 1 aromatic heterocycles. The Hall–Kier alpha value is -2.23. The first-order valence-electron chi connectivity index (χ1n) is 7.71. The second-order valence-corrected chi connectivity index (χ2v) is 5.99. The van der Waals surface area contributed by atoms with Crippen molar-refractivity contribution in [1.29, 1.82) is 0 Å². The zero-order valence-electron chi connectivity index (χ0n) is 13.3. The van der Waals surface area contributed by atoms with E-state index in [1.807, 2.05) is 43.0 Å². The minimum atomic E-state index is -0.0475. The number of aromatic nitrogens is 1. The fourth-order valence-corrected chi connectivity index (χ4v) is 3.11. The smallest absolute Gasteiger partial charge is 0.226 e. The number of fused-ring (bicyclic) bond motifs is 1. The minimum Gasteiger partial charge on any atom is -0.497 e. The van der Waals surface area contributed by atoms with Crippen molar-refractivity contribution in [3.63, 3.8) is 0 Å². The van der Waals surface area contributed by atoms with Crippen LogP contribution in [0.5, 0.6) is 5.75 Å². The molecular formula is C18H22N2O2. The molecule has 1 aromatic carbocycles. The third kappa shape index (κ3) is 2.49. The van der Waals surface area contributed by atoms with Gasteiger partial charge in [0.2, 0.25) is 5.91 Å². The molecule has 0 saturated carbocycles. The lowest BCUT2D eigenvalue weighted by molar-refractivity contribution is -0.137. The van der Waals surface area contributed by atoms with Crippen molar-refractivity contribution in [3.05, 3.63) is 53.9 Å². The molecule has 3 rings (SSSR count). The van der Waals surface area contributed by atoms with Crippen molar-refractivity contribution in [2.45, 2.75) is 26.4 Å². The standard InChI is InChI=1S/C18H22N2O2/c1-13(2)18(21)20-11-10-19-9-5-8-16(19)17(20)14-6-4-7-15(12-14)22-3/h4-9,12-13,17H,10-11H2,1-3H3. The molecule has 2 heterocycles. The maximum atomic E-state index is 12.7. The van der Waals surface area contributed by atoms with Crippen molar-refractivity contribution in [3.8, 4) is 5.75 Å². The van der Waals surface area contributed by atoms with E-state index in [-0.39, 0.29) is 17.9 Å². The van der Waals surface area contributed by atoms with Crippen molar-refractivity contribution >= 4 is 5.91 Å². The summed E-state index contributed by atoms with van der Waals surface area (Å²) in [6.45, 7) is 5.50. The van der Waals surface area contributed by atoms with Crippen molar-refractivity contribution < 1.29 is 9.53 Å². The summed E-state index contributed by atoms with van der Waals surface area (Å²) in [6.07, 6.45) is 2.08. The van der Waals surface area contributed by atoms with Gasteiger partial charge in [-0.25, -0.2) is 0 Å². The molecule has 22 heavy (non-hydrogen) atoms. The molecule has 116 valence electrons. The number of hydrogen-bond acceptors (Lipinski definition) is 2. The van der Waals surface area contributed by atoms with Crippen LogP contribution < -0.4 is 4.74 Å². The van der Waals surface area contributed by atoms with Crippen LogP contribution in [0, 0.1) is 5.92 Å². The van der Waals surface area contributed by atoms with Gasteiger partial charge in [-0.05, 0) is 29.8 Å². The van der Waals surface area contributed by atoms with Gasteiger partial charge in [-0.3, -0.25) is 4.79 Å². The Morgan fingerprint density at radius 1 is 1.23 bits per heavy atom. The van der Waals surface area contributed by atoms with Gasteiger partial charge in [-0.1, -0.05) is 26.0 Å². The second kappa shape index (κ2) is 5.87. The van der Waals surface area contributed by atoms with E-state index in [0.717, 1.165) is 30.1 Å². The Balaban J connectivity index is 2.07. The molecule has 0 fully saturated rings. The van der Waals surface area contributed by atoms with Gasteiger partial charge in [-0.2, -0.15) is 0 Å². The summed E-state index contributed by atoms with van der Waals surface area (Å²) in [5.41, 5.74) is 2.25. The summed E-state index contributed by atoms with van der Waals surface area (Å²) in [7, 11) is 1.67. The first-order valence-corrected chi connectivity index (χ1v) is 7.71. The first-order chi connectivity index (χ1) is 10.6. The average Bonchev–Trinajstić information content (AvgIpc) is 3.01. The molecule has 1 atom stereocenters. The number of hydrogen-bond donors (Lipinski definition) is 0. The molecule has 1 aliphatic heterocycles. The molecule has 0 saturated heterocycles. The summed E-state index contributed by atoms with van der Waals surface area (Å²) < 4.78 is 7.58. The highest BCUT2D eigenvalue weighted by molar-refractivity contribution is 5.79. The molecule has 1 amide bonds. The van der Waals surface area contributed by atoms with Crippen LogP contribution in [0.25, 0.3) is 0 Å². The molecular weight excluding hydrogens is 276 g/mol. The summed E-state index contributed by atoms with van der Waals surface area (Å²) in [5.74, 6) is 1.01. The third-order valence-electron chi connectivity index (χ3n) is 4.22. The van der Waals surface area contributed by atoms with Crippen LogP contribution in [0.15, 0.2) is 42.6 Å². The molecule has 0 radical (unpaired) electrons. The Morgan fingerprint density at radius 2 is 2.05 bits per heavy atom. The number of ether oxygens (including phenoxy) is 1. The first kappa shape index (κ1) is 14.7. The largest absolute Gasteiger partial charge is 0.497 e. The molecule has 0 spiro atoms. The van der Waals surface area contributed by atoms with Crippen molar-refractivity contribution in [2.75, 3.05) is 13.7 Å². The SMILES string of the molecule is COc1cccc(C2c3cccn3CCN2C(=O)C(C)C)c1. The molecule has 4 nitrogen and oxygen atoms in total. The van der Waals surface area contributed by atoms with Gasteiger partial charge < -0.3 is 14.2 Å². The van der Waals surface area contributed by atoms with Crippen LogP contribution in [0.3, 0.4) is 0 Å². The predicted octanol–water partition coefficient (Wildman–Crippen LogP) is 3.08. The highest BCUT2D eigenvalue weighted by Gasteiger charge is 2.33. The van der Waals surface area contributed by atoms with Crippen molar-refractivity contribution in [2.24, 2.45) is 5.92 Å². The predicted molar refractivity (Wildman–Crippen MR) is 85.8 cm³/mol. The number of methoxy groups -OCH3 is 1. The van der Waals surface area contributed by atoms with E-state index in [2.05, 4.69) is 22.9 Å². The van der Waals surface area contributed by atoms with E-state index in [1.165, 1.54) is 0 Å². The lowest BCUT2D eigenvalue weighted by Crippen LogP contribution is -2.44. The van der Waals surface area contributed by atoms with E-state index in [4.69, 9.17) is 4.74 Å². The second-order valence-electron chi connectivity index (χ2n) is 5.99. The van der Waals surface area contributed by atoms with Gasteiger partial charge in [-0.15, -0.1) is 0 Å². The lowest BCUT2D eigenvalue weighted by atomic mass is 9.98. The number of nitrogens with zero attached hydrogens (tertiary/aromatic N) is 2. The van der Waals surface area contributed by atoms with Gasteiger partial charge >= 0.3 is 0 Å². The lowest BCUT2D eigenvalue weighted by Gasteiger charge is -2.38. The zero-order chi connectivity index (χ0) is 15.7. The van der Waals surface area contributed by atoms with E-state index in [1.54, 1.807) is 7.11 Å². The number of benzene rings is 1. The maximum Gasteiger partial charge on any atom is 0.226 e. The van der Waals surface area contributed by atoms with E-state index < -0.39 is 0 Å². The topological polar surface area (TPSA) is 34.5 Å². The van der Waals surface area contributed by atoms with Gasteiger partial charge in [0.15, 0.2) is 0 Å². The number of carbonyl (C=O) groups excluding carboxylic acids is 1. The molecule has 2 aromatic rings. The molecule has 1 aliphatic rings. The average molecular weight is 298 g/mol. The third-order valence-corrected chi connectivity index (χ3v) is 4.22. The normalized spacial score (nSPS) is 17.5. The summed E-state index contributed by atoms with van der Waals surface area (Å²) in [6, 6.07) is 12.1. The minimum absolute atomic E-state index is 0.00498. The number of rotatable bonds is 3. The molecule has 0 N–H and O–H groups in total. The van der Waals surface area contributed by atoms with E-state index >= 15 is 0 Å². The van der Waals surface area contributed by atoms with Crippen LogP contribution in [-0.4, -0.2) is 29.0 Å². The van der Waals surface area contributed by atoms with Crippen LogP contribution in [0.4, 0.5) is 0 Å². The Bertz CT molecular complexity index is 675. The highest BCUT2D eigenvalue weighted by Crippen LogP contribution is 2.34. The van der Waals surface area contributed by atoms with Gasteiger partial charge in [0.25, 0.3) is 0 Å². The number of carbonyl (C=O) groups is 1. The summed E-state index contributed by atoms with van der Waals surface area (Å²) in [5, 5.41) is 0. The molecule has 1 unspecified atom stereocenters. The van der Waals surface area contributed by atoms with Gasteiger partial charge in [0, 0.05) is 30.9 Å². The van der Waals surface area contributed by atoms with Crippen LogP contribution in [-0.2, 0) is 11.3 Å². The Morgan fingerprint density at radius 3 is 2.77 bits per heavy atom. The highest BCUT2D eigenvalue weighted by atomic mass is 16.5. The van der Waals surface area contributed by atoms with E-state index in [0.29, 0.717) is 0 Å². The van der Waals surface area contributed by atoms with Gasteiger partial charge in [0.05, 0.1) is 13.2 Å². The maximum absolute atomic E-state index is 12.7. The molecule has 0 bridgehead atoms. The Kier molecular flexibility index (Phi) is 3.92. The Labute approximate surface area is 131 Å². The summed E-state index contributed by atoms with van der Waals surface area (Å²) in [4.78, 5) is 14.6. The van der Waals surface area contributed by atoms with E-state index in [9.17, 15) is 4.79 Å². The summed E-state index contributed by atoms with van der Waals surface area (Å²) >= 11 is 0. The molecule has 4 heteroatoms. The van der Waals surface area contributed by atoms with Crippen molar-refractivity contribution in [1.82, 2.24) is 9.47 Å². The fraction of sp³-hybridized carbons (Fsp3) is 0.389. The fourth-order valence-electron chi connectivity index (χ4n) is 3.11. The van der Waals surface area contributed by atoms with Crippen LogP contribution in [0.1, 0.15) is 31.1 Å². The quantitative estimate of drug-likeness (QED) is 0.872. The van der Waals surface area contributed by atoms with Gasteiger partial charge in [0.1, 0.15) is 5.75 Å². The van der Waals surface area contributed by atoms with Crippen LogP contribution >= 0.6 is 0 Å². The number of amides is 1.